The van der Waals surface area contributed by atoms with Crippen LogP contribution in [0.25, 0.3) is 11.3 Å². The Bertz CT molecular complexity index is 1220. The molecule has 2 atom stereocenters. The van der Waals surface area contributed by atoms with E-state index in [1.807, 2.05) is 55.7 Å². The van der Waals surface area contributed by atoms with Gasteiger partial charge in [-0.05, 0) is 35.6 Å². The van der Waals surface area contributed by atoms with E-state index in [1.54, 1.807) is 11.1 Å². The Morgan fingerprint density at radius 3 is 2.66 bits per heavy atom. The van der Waals surface area contributed by atoms with Gasteiger partial charge in [-0.3, -0.25) is 4.79 Å². The summed E-state index contributed by atoms with van der Waals surface area (Å²) in [5.41, 5.74) is 0.822. The zero-order chi connectivity index (χ0) is 27.3. The lowest BCUT2D eigenvalue weighted by molar-refractivity contribution is -0.140. The molecule has 1 aromatic heterocycles. The van der Waals surface area contributed by atoms with E-state index >= 15 is 0 Å². The number of nitrogens with zero attached hydrogens (tertiary/aromatic N) is 3. The smallest absolute Gasteiger partial charge is 0.248 e. The van der Waals surface area contributed by atoms with E-state index < -0.39 is 35.6 Å². The predicted molar refractivity (Wildman–Crippen MR) is 141 cm³/mol. The van der Waals surface area contributed by atoms with Crippen LogP contribution in [0, 0.1) is 17.0 Å². The minimum atomic E-state index is -0.647. The molecule has 3 aromatic rings. The van der Waals surface area contributed by atoms with E-state index in [0.29, 0.717) is 38.5 Å². The van der Waals surface area contributed by atoms with Gasteiger partial charge in [0.25, 0.3) is 0 Å². The number of hydrogen-bond acceptors (Lipinski definition) is 5. The topological polar surface area (TPSA) is 79.6 Å². The van der Waals surface area contributed by atoms with E-state index in [4.69, 9.17) is 9.72 Å². The summed E-state index contributed by atoms with van der Waals surface area (Å²) in [5, 5.41) is 13.3. The second-order valence-electron chi connectivity index (χ2n) is 10.8. The van der Waals surface area contributed by atoms with Crippen molar-refractivity contribution in [3.8, 4) is 11.3 Å². The molecule has 204 valence electrons. The first-order valence-corrected chi connectivity index (χ1v) is 12.9. The zero-order valence-electron chi connectivity index (χ0n) is 22.2. The summed E-state index contributed by atoms with van der Waals surface area (Å²) < 4.78 is 36.4. The molecule has 0 bridgehead atoms. The summed E-state index contributed by atoms with van der Waals surface area (Å²) in [6.45, 7) is 8.08. The number of carbonyl (C=O) groups excluding carboxylic acids is 1. The Kier molecular flexibility index (Phi) is 8.91. The molecule has 1 fully saturated rings. The molecule has 1 aliphatic heterocycles. The Morgan fingerprint density at radius 2 is 2.00 bits per heavy atom. The molecule has 2 heterocycles. The summed E-state index contributed by atoms with van der Waals surface area (Å²) >= 11 is 0. The fraction of sp³-hybridized carbons (Fsp3) is 0.448. The molecular formula is C29H36F2N4O3. The molecule has 1 aliphatic rings. The van der Waals surface area contributed by atoms with Gasteiger partial charge in [-0.1, -0.05) is 51.1 Å². The highest BCUT2D eigenvalue weighted by Crippen LogP contribution is 2.39. The SMILES string of the molecule is CC(C)(C)[C@H](c1nc(-c2cc(F)ccc2F)cn1Cc1ccccc1)N(CC[C@@H]1COCCN1)C(=O)CO. The van der Waals surface area contributed by atoms with Crippen LogP contribution in [-0.4, -0.2) is 64.4 Å². The minimum absolute atomic E-state index is 0.0503. The summed E-state index contributed by atoms with van der Waals surface area (Å²) in [5.74, 6) is -1.03. The van der Waals surface area contributed by atoms with Crippen LogP contribution in [0.15, 0.2) is 54.7 Å². The van der Waals surface area contributed by atoms with E-state index in [9.17, 15) is 18.7 Å². The zero-order valence-corrected chi connectivity index (χ0v) is 22.2. The van der Waals surface area contributed by atoms with Gasteiger partial charge < -0.3 is 24.6 Å². The number of benzene rings is 2. The van der Waals surface area contributed by atoms with Crippen molar-refractivity contribution in [1.82, 2.24) is 19.8 Å². The maximum absolute atomic E-state index is 14.8. The van der Waals surface area contributed by atoms with Crippen LogP contribution < -0.4 is 5.32 Å². The Balaban J connectivity index is 1.80. The fourth-order valence-electron chi connectivity index (χ4n) is 4.96. The first-order chi connectivity index (χ1) is 18.2. The van der Waals surface area contributed by atoms with Crippen molar-refractivity contribution in [3.05, 3.63) is 77.8 Å². The highest BCUT2D eigenvalue weighted by atomic mass is 19.1. The summed E-state index contributed by atoms with van der Waals surface area (Å²) in [7, 11) is 0. The van der Waals surface area contributed by atoms with Crippen LogP contribution >= 0.6 is 0 Å². The minimum Gasteiger partial charge on any atom is -0.387 e. The summed E-state index contributed by atoms with van der Waals surface area (Å²) in [4.78, 5) is 19.6. The molecule has 0 saturated carbocycles. The number of halogens is 2. The number of ether oxygens (including phenoxy) is 1. The third kappa shape index (κ3) is 6.64. The standard InChI is InChI=1S/C29H36F2N4O3/c1-29(2,3)27(35(26(37)18-36)13-11-22-19-38-14-12-32-22)28-33-25(23-15-21(30)9-10-24(23)31)17-34(28)16-20-7-5-4-6-8-20/h4-10,15,17,22,27,32,36H,11-14,16,18-19H2,1-3H3/t22-,27+/m1/s1. The number of carbonyl (C=O) groups is 1. The number of nitrogens with one attached hydrogen (secondary N) is 1. The van der Waals surface area contributed by atoms with Gasteiger partial charge in [-0.2, -0.15) is 0 Å². The highest BCUT2D eigenvalue weighted by Gasteiger charge is 2.38. The van der Waals surface area contributed by atoms with Gasteiger partial charge in [0.2, 0.25) is 5.91 Å². The largest absolute Gasteiger partial charge is 0.387 e. The lowest BCUT2D eigenvalue weighted by Gasteiger charge is -2.40. The first-order valence-electron chi connectivity index (χ1n) is 12.9. The molecule has 0 radical (unpaired) electrons. The number of aliphatic hydroxyl groups excluding tert-OH is 1. The Labute approximate surface area is 222 Å². The van der Waals surface area contributed by atoms with Gasteiger partial charge in [0.1, 0.15) is 24.1 Å². The number of imidazole rings is 1. The maximum atomic E-state index is 14.8. The van der Waals surface area contributed by atoms with Crippen molar-refractivity contribution in [1.29, 1.82) is 0 Å². The monoisotopic (exact) mass is 526 g/mol. The van der Waals surface area contributed by atoms with Gasteiger partial charge in [0, 0.05) is 37.4 Å². The number of aliphatic hydroxyl groups is 1. The lowest BCUT2D eigenvalue weighted by Crippen LogP contribution is -2.48. The van der Waals surface area contributed by atoms with Gasteiger partial charge in [0.05, 0.1) is 24.9 Å². The Morgan fingerprint density at radius 1 is 1.24 bits per heavy atom. The average molecular weight is 527 g/mol. The number of amides is 1. The van der Waals surface area contributed by atoms with Crippen molar-refractivity contribution in [2.75, 3.05) is 32.9 Å². The summed E-state index contributed by atoms with van der Waals surface area (Å²) in [6, 6.07) is 12.6. The van der Waals surface area contributed by atoms with Crippen LogP contribution in [0.1, 0.15) is 44.6 Å². The van der Waals surface area contributed by atoms with E-state index in [1.165, 1.54) is 0 Å². The molecule has 4 rings (SSSR count). The molecule has 1 saturated heterocycles. The maximum Gasteiger partial charge on any atom is 0.248 e. The van der Waals surface area contributed by atoms with Crippen molar-refractivity contribution in [2.24, 2.45) is 5.41 Å². The average Bonchev–Trinajstić information content (AvgIpc) is 3.30. The molecule has 1 amide bonds. The predicted octanol–water partition coefficient (Wildman–Crippen LogP) is 4.16. The molecular weight excluding hydrogens is 490 g/mol. The summed E-state index contributed by atoms with van der Waals surface area (Å²) in [6.07, 6.45) is 2.33. The first kappa shape index (κ1) is 27.9. The molecule has 2 aromatic carbocycles. The highest BCUT2D eigenvalue weighted by molar-refractivity contribution is 5.77. The van der Waals surface area contributed by atoms with E-state index in [0.717, 1.165) is 30.3 Å². The molecule has 0 spiro atoms. The van der Waals surface area contributed by atoms with Crippen LogP contribution in [0.3, 0.4) is 0 Å². The van der Waals surface area contributed by atoms with Crippen molar-refractivity contribution >= 4 is 5.91 Å². The van der Waals surface area contributed by atoms with Crippen molar-refractivity contribution < 1.29 is 23.4 Å². The second-order valence-corrected chi connectivity index (χ2v) is 10.8. The van der Waals surface area contributed by atoms with Crippen LogP contribution in [0.2, 0.25) is 0 Å². The molecule has 38 heavy (non-hydrogen) atoms. The number of aromatic nitrogens is 2. The van der Waals surface area contributed by atoms with Gasteiger partial charge in [0.15, 0.2) is 0 Å². The van der Waals surface area contributed by atoms with Gasteiger partial charge in [-0.25, -0.2) is 13.8 Å². The number of hydrogen-bond donors (Lipinski definition) is 2. The quantitative estimate of drug-likeness (QED) is 0.438. The van der Waals surface area contributed by atoms with Crippen LogP contribution in [0.4, 0.5) is 8.78 Å². The fourth-order valence-corrected chi connectivity index (χ4v) is 4.96. The van der Waals surface area contributed by atoms with Crippen molar-refractivity contribution in [3.63, 3.8) is 0 Å². The second kappa shape index (κ2) is 12.1. The number of morpholine rings is 1. The molecule has 0 aliphatic carbocycles. The number of rotatable bonds is 9. The van der Waals surface area contributed by atoms with Gasteiger partial charge >= 0.3 is 0 Å². The van der Waals surface area contributed by atoms with E-state index in [-0.39, 0.29) is 17.3 Å². The normalized spacial score (nSPS) is 16.8. The van der Waals surface area contributed by atoms with E-state index in [2.05, 4.69) is 5.32 Å². The van der Waals surface area contributed by atoms with Crippen LogP contribution in [0.5, 0.6) is 0 Å². The lowest BCUT2D eigenvalue weighted by atomic mass is 9.84. The van der Waals surface area contributed by atoms with Crippen molar-refractivity contribution in [2.45, 2.75) is 45.8 Å². The molecule has 0 unspecified atom stereocenters. The molecule has 9 heteroatoms. The molecule has 7 nitrogen and oxygen atoms in total. The Hall–Kier alpha value is -3.14. The van der Waals surface area contributed by atoms with Gasteiger partial charge in [-0.15, -0.1) is 0 Å². The third-order valence-corrected chi connectivity index (χ3v) is 6.76. The third-order valence-electron chi connectivity index (χ3n) is 6.76. The molecule has 2 N–H and O–H groups in total. The van der Waals surface area contributed by atoms with Crippen LogP contribution in [-0.2, 0) is 16.1 Å².